The summed E-state index contributed by atoms with van der Waals surface area (Å²) in [5, 5.41) is 9.92. The van der Waals surface area contributed by atoms with E-state index in [1.54, 1.807) is 18.9 Å². The summed E-state index contributed by atoms with van der Waals surface area (Å²) in [5.41, 5.74) is 6.72. The molecule has 5 nitrogen and oxygen atoms in total. The number of aromatic nitrogens is 2. The van der Waals surface area contributed by atoms with Gasteiger partial charge in [0.05, 0.1) is 18.7 Å². The Hall–Kier alpha value is -1.25. The molecule has 2 N–H and O–H groups in total. The summed E-state index contributed by atoms with van der Waals surface area (Å²) in [7, 11) is 1.67. The monoisotopic (exact) mass is 338 g/mol. The molecule has 2 heterocycles. The molecule has 0 spiro atoms. The third-order valence-corrected chi connectivity index (χ3v) is 6.36. The summed E-state index contributed by atoms with van der Waals surface area (Å²) in [6.07, 6.45) is 0. The second kappa shape index (κ2) is 6.67. The van der Waals surface area contributed by atoms with Gasteiger partial charge in [0.25, 0.3) is 0 Å². The molecule has 1 atom stereocenters. The third kappa shape index (κ3) is 3.69. The molecule has 3 rings (SSSR count). The van der Waals surface area contributed by atoms with Crippen LogP contribution in [0.1, 0.15) is 5.56 Å². The molecule has 2 aromatic rings. The van der Waals surface area contributed by atoms with Crippen molar-refractivity contribution in [2.75, 3.05) is 25.1 Å². The van der Waals surface area contributed by atoms with E-state index in [-0.39, 0.29) is 0 Å². The molecule has 1 aliphatic rings. The van der Waals surface area contributed by atoms with Crippen molar-refractivity contribution in [1.29, 1.82) is 0 Å². The van der Waals surface area contributed by atoms with Gasteiger partial charge in [-0.15, -0.1) is 22.0 Å². The minimum atomic E-state index is 0.470. The lowest BCUT2D eigenvalue weighted by molar-refractivity contribution is 0.415. The second-order valence-corrected chi connectivity index (χ2v) is 7.90. The minimum Gasteiger partial charge on any atom is -0.497 e. The van der Waals surface area contributed by atoms with Crippen LogP contribution >= 0.6 is 34.9 Å². The molecule has 1 aliphatic heterocycles. The van der Waals surface area contributed by atoms with Gasteiger partial charge in [-0.25, -0.2) is 0 Å². The van der Waals surface area contributed by atoms with Gasteiger partial charge in [0, 0.05) is 16.6 Å². The summed E-state index contributed by atoms with van der Waals surface area (Å²) in [6.45, 7) is 0.841. The van der Waals surface area contributed by atoms with Crippen molar-refractivity contribution in [2.45, 2.75) is 9.59 Å². The predicted octanol–water partition coefficient (Wildman–Crippen LogP) is 2.78. The van der Waals surface area contributed by atoms with E-state index in [1.165, 1.54) is 11.3 Å². The number of thioether (sulfide) groups is 2. The molecule has 8 heteroatoms. The van der Waals surface area contributed by atoms with Crippen LogP contribution in [0, 0.1) is 0 Å². The lowest BCUT2D eigenvalue weighted by Gasteiger charge is -2.06. The van der Waals surface area contributed by atoms with Gasteiger partial charge >= 0.3 is 0 Å². The Balaban J connectivity index is 1.54. The maximum atomic E-state index is 5.58. The van der Waals surface area contributed by atoms with Crippen LogP contribution in [0.4, 0.5) is 5.13 Å². The Labute approximate surface area is 135 Å². The highest BCUT2D eigenvalue weighted by Gasteiger charge is 2.21. The maximum absolute atomic E-state index is 5.58. The van der Waals surface area contributed by atoms with Crippen LogP contribution in [-0.2, 0) is 0 Å². The number of ether oxygens (including phenoxy) is 1. The molecule has 110 valence electrons. The van der Waals surface area contributed by atoms with E-state index in [4.69, 9.17) is 10.5 Å². The van der Waals surface area contributed by atoms with Crippen molar-refractivity contribution >= 4 is 45.0 Å². The van der Waals surface area contributed by atoms with Crippen LogP contribution in [-0.4, -0.2) is 39.9 Å². The lowest BCUT2D eigenvalue weighted by Crippen LogP contribution is -2.06. The van der Waals surface area contributed by atoms with Crippen molar-refractivity contribution < 1.29 is 4.74 Å². The fraction of sp³-hybridized carbons (Fsp3) is 0.308. The van der Waals surface area contributed by atoms with Crippen LogP contribution < -0.4 is 10.5 Å². The molecule has 0 saturated carbocycles. The van der Waals surface area contributed by atoms with Gasteiger partial charge in [-0.05, 0) is 24.3 Å². The van der Waals surface area contributed by atoms with Gasteiger partial charge in [0.15, 0.2) is 4.34 Å². The number of aliphatic imine (C=N–C) groups is 1. The molecule has 0 unspecified atom stereocenters. The number of nitrogen functional groups attached to an aromatic ring is 1. The first-order chi connectivity index (χ1) is 10.2. The summed E-state index contributed by atoms with van der Waals surface area (Å²) in [5.74, 6) is 1.82. The van der Waals surface area contributed by atoms with Gasteiger partial charge < -0.3 is 10.5 Å². The molecule has 0 amide bonds. The van der Waals surface area contributed by atoms with E-state index < -0.39 is 0 Å². The van der Waals surface area contributed by atoms with Gasteiger partial charge in [-0.2, -0.15) is 0 Å². The summed E-state index contributed by atoms with van der Waals surface area (Å²) in [6, 6.07) is 8.02. The van der Waals surface area contributed by atoms with E-state index >= 15 is 0 Å². The lowest BCUT2D eigenvalue weighted by atomic mass is 10.2. The zero-order valence-corrected chi connectivity index (χ0v) is 13.8. The topological polar surface area (TPSA) is 73.4 Å². The fourth-order valence-electron chi connectivity index (χ4n) is 1.84. The molecule has 1 aromatic carbocycles. The average molecular weight is 338 g/mol. The molecule has 0 saturated heterocycles. The third-order valence-electron chi connectivity index (χ3n) is 2.87. The normalized spacial score (nSPS) is 17.8. The minimum absolute atomic E-state index is 0.470. The molecule has 21 heavy (non-hydrogen) atoms. The van der Waals surface area contributed by atoms with E-state index in [1.807, 2.05) is 36.0 Å². The number of anilines is 1. The summed E-state index contributed by atoms with van der Waals surface area (Å²) >= 11 is 4.94. The van der Waals surface area contributed by atoms with Crippen molar-refractivity contribution in [3.05, 3.63) is 29.8 Å². The van der Waals surface area contributed by atoms with E-state index in [9.17, 15) is 0 Å². The number of nitrogens with two attached hydrogens (primary N) is 1. The first-order valence-electron chi connectivity index (χ1n) is 6.32. The van der Waals surface area contributed by atoms with Gasteiger partial charge in [-0.1, -0.05) is 23.1 Å². The Morgan fingerprint density at radius 3 is 2.81 bits per heavy atom. The predicted molar refractivity (Wildman–Crippen MR) is 90.8 cm³/mol. The number of hydrogen-bond acceptors (Lipinski definition) is 8. The maximum Gasteiger partial charge on any atom is 0.203 e. The number of benzene rings is 1. The Morgan fingerprint density at radius 1 is 1.33 bits per heavy atom. The molecule has 0 fully saturated rings. The molecular formula is C13H14N4OS3. The van der Waals surface area contributed by atoms with Gasteiger partial charge in [-0.3, -0.25) is 4.99 Å². The number of methoxy groups -OCH3 is 1. The average Bonchev–Trinajstić information content (AvgIpc) is 3.14. The van der Waals surface area contributed by atoms with Crippen molar-refractivity contribution in [2.24, 2.45) is 4.99 Å². The number of nitrogens with zero attached hydrogens (tertiary/aromatic N) is 3. The van der Waals surface area contributed by atoms with E-state index in [0.717, 1.165) is 33.0 Å². The zero-order valence-electron chi connectivity index (χ0n) is 11.4. The Kier molecular flexibility index (Phi) is 4.67. The Morgan fingerprint density at radius 2 is 2.14 bits per heavy atom. The van der Waals surface area contributed by atoms with Gasteiger partial charge in [0.2, 0.25) is 5.13 Å². The largest absolute Gasteiger partial charge is 0.497 e. The van der Waals surface area contributed by atoms with Crippen LogP contribution in [0.5, 0.6) is 5.75 Å². The number of hydrogen-bond donors (Lipinski definition) is 1. The molecular weight excluding hydrogens is 324 g/mol. The summed E-state index contributed by atoms with van der Waals surface area (Å²) in [4.78, 5) is 4.63. The SMILES string of the molecule is COc1ccc(C2=NC[C@H](CSc3nnc(N)s3)S2)cc1. The fourth-order valence-corrected chi connectivity index (χ4v) is 4.77. The first kappa shape index (κ1) is 14.7. The number of rotatable bonds is 5. The van der Waals surface area contributed by atoms with Crippen LogP contribution in [0.3, 0.4) is 0 Å². The summed E-state index contributed by atoms with van der Waals surface area (Å²) < 4.78 is 6.09. The molecule has 0 radical (unpaired) electrons. The van der Waals surface area contributed by atoms with Crippen molar-refractivity contribution in [3.63, 3.8) is 0 Å². The highest BCUT2D eigenvalue weighted by Crippen LogP contribution is 2.32. The quantitative estimate of drug-likeness (QED) is 0.845. The first-order valence-corrected chi connectivity index (χ1v) is 9.00. The van der Waals surface area contributed by atoms with E-state index in [2.05, 4.69) is 15.2 Å². The van der Waals surface area contributed by atoms with Crippen LogP contribution in [0.2, 0.25) is 0 Å². The molecule has 1 aromatic heterocycles. The Bertz CT molecular complexity index is 641. The highest BCUT2D eigenvalue weighted by molar-refractivity contribution is 8.16. The van der Waals surface area contributed by atoms with Crippen LogP contribution in [0.15, 0.2) is 33.6 Å². The van der Waals surface area contributed by atoms with Gasteiger partial charge in [0.1, 0.15) is 5.75 Å². The van der Waals surface area contributed by atoms with Crippen molar-refractivity contribution in [3.8, 4) is 5.75 Å². The van der Waals surface area contributed by atoms with Crippen LogP contribution in [0.25, 0.3) is 0 Å². The molecule has 0 bridgehead atoms. The van der Waals surface area contributed by atoms with E-state index in [0.29, 0.717) is 10.4 Å². The molecule has 0 aliphatic carbocycles. The zero-order chi connectivity index (χ0) is 14.7. The standard InChI is InChI=1S/C13H14N4OS3/c1-18-9-4-2-8(3-5-9)11-15-6-10(20-11)7-19-13-17-16-12(14)21-13/h2-5,10H,6-7H2,1H3,(H2,14,16)/t10-/m1/s1. The van der Waals surface area contributed by atoms with Crippen molar-refractivity contribution in [1.82, 2.24) is 10.2 Å². The smallest absolute Gasteiger partial charge is 0.203 e. The highest BCUT2D eigenvalue weighted by atomic mass is 32.2. The second-order valence-electron chi connectivity index (χ2n) is 4.33.